The lowest BCUT2D eigenvalue weighted by Crippen LogP contribution is -2.21. The van der Waals surface area contributed by atoms with Crippen molar-refractivity contribution >= 4 is 11.9 Å². The molecule has 0 aliphatic heterocycles. The first-order chi connectivity index (χ1) is 5.75. The van der Waals surface area contributed by atoms with Gasteiger partial charge in [0.2, 0.25) is 0 Å². The molecule has 0 bridgehead atoms. The molecule has 0 aromatic heterocycles. The van der Waals surface area contributed by atoms with Crippen LogP contribution in [0.25, 0.3) is 0 Å². The summed E-state index contributed by atoms with van der Waals surface area (Å²) in [6, 6.07) is 0. The predicted molar refractivity (Wildman–Crippen MR) is 46.0 cm³/mol. The molecule has 0 unspecified atom stereocenters. The molecule has 5 heteroatoms. The topological polar surface area (TPSA) is 83.8 Å². The van der Waals surface area contributed by atoms with Gasteiger partial charge in [0.05, 0.1) is 5.41 Å². The van der Waals surface area contributed by atoms with Crippen LogP contribution in [-0.2, 0) is 14.5 Å². The maximum Gasteiger partial charge on any atom is 0.347 e. The van der Waals surface area contributed by atoms with E-state index in [9.17, 15) is 9.59 Å². The largest absolute Gasteiger partial charge is 0.478 e. The van der Waals surface area contributed by atoms with E-state index in [0.717, 1.165) is 6.08 Å². The van der Waals surface area contributed by atoms with Gasteiger partial charge in [-0.15, -0.1) is 0 Å². The van der Waals surface area contributed by atoms with E-state index in [1.807, 2.05) is 0 Å². The van der Waals surface area contributed by atoms with Gasteiger partial charge >= 0.3 is 11.9 Å². The second kappa shape index (κ2) is 6.19. The number of hydrogen-bond acceptors (Lipinski definition) is 4. The SMILES string of the molecule is C=CC(=O)O.CC(C)(C)C(=O)OO. The summed E-state index contributed by atoms with van der Waals surface area (Å²) in [7, 11) is 0. The maximum absolute atomic E-state index is 10.4. The van der Waals surface area contributed by atoms with Crippen LogP contribution in [0.5, 0.6) is 0 Å². The molecule has 0 amide bonds. The number of carbonyl (C=O) groups excluding carboxylic acids is 1. The smallest absolute Gasteiger partial charge is 0.347 e. The molecule has 0 spiro atoms. The Kier molecular flexibility index (Phi) is 6.75. The Morgan fingerprint density at radius 3 is 1.69 bits per heavy atom. The van der Waals surface area contributed by atoms with Crippen LogP contribution in [0, 0.1) is 5.41 Å². The number of aliphatic carboxylic acids is 1. The molecule has 0 aliphatic rings. The van der Waals surface area contributed by atoms with Crippen LogP contribution in [0.4, 0.5) is 0 Å². The Hall–Kier alpha value is -1.36. The molecule has 2 N–H and O–H groups in total. The Bertz CT molecular complexity index is 189. The van der Waals surface area contributed by atoms with Crippen molar-refractivity contribution in [3.05, 3.63) is 12.7 Å². The molecule has 0 atom stereocenters. The number of rotatable bonds is 1. The fourth-order valence-electron chi connectivity index (χ4n) is 0.137. The van der Waals surface area contributed by atoms with Gasteiger partial charge < -0.3 is 9.99 Å². The summed E-state index contributed by atoms with van der Waals surface area (Å²) in [6.45, 7) is 7.94. The first kappa shape index (κ1) is 14.2. The van der Waals surface area contributed by atoms with E-state index in [2.05, 4.69) is 11.5 Å². The van der Waals surface area contributed by atoms with Gasteiger partial charge in [-0.05, 0) is 20.8 Å². The first-order valence-corrected chi connectivity index (χ1v) is 3.47. The van der Waals surface area contributed by atoms with Crippen LogP contribution in [0.2, 0.25) is 0 Å². The molecule has 5 nitrogen and oxygen atoms in total. The standard InChI is InChI=1S/C5H10O3.C3H4O2/c1-5(2,3)4(6)8-7;1-2-3(4)5/h7H,1-3H3;2H,1H2,(H,4,5). The van der Waals surface area contributed by atoms with Gasteiger partial charge in [0, 0.05) is 6.08 Å². The van der Waals surface area contributed by atoms with E-state index in [4.69, 9.17) is 10.4 Å². The van der Waals surface area contributed by atoms with Crippen LogP contribution in [0.1, 0.15) is 20.8 Å². The number of carboxylic acids is 1. The fraction of sp³-hybridized carbons (Fsp3) is 0.500. The summed E-state index contributed by atoms with van der Waals surface area (Å²) in [6.07, 6.45) is 0.833. The van der Waals surface area contributed by atoms with Crippen molar-refractivity contribution in [2.24, 2.45) is 5.41 Å². The average molecular weight is 190 g/mol. The van der Waals surface area contributed by atoms with Gasteiger partial charge in [0.1, 0.15) is 0 Å². The average Bonchev–Trinajstić information content (AvgIpc) is 2.02. The monoisotopic (exact) mass is 190 g/mol. The molecule has 0 heterocycles. The lowest BCUT2D eigenvalue weighted by molar-refractivity contribution is -0.243. The highest BCUT2D eigenvalue weighted by atomic mass is 17.1. The summed E-state index contributed by atoms with van der Waals surface area (Å²) < 4.78 is 0. The van der Waals surface area contributed by atoms with Crippen molar-refractivity contribution in [2.45, 2.75) is 20.8 Å². The van der Waals surface area contributed by atoms with E-state index in [0.29, 0.717) is 0 Å². The Balaban J connectivity index is 0. The van der Waals surface area contributed by atoms with E-state index < -0.39 is 17.4 Å². The zero-order chi connectivity index (χ0) is 11.1. The lowest BCUT2D eigenvalue weighted by Gasteiger charge is -2.11. The number of carbonyl (C=O) groups is 2. The van der Waals surface area contributed by atoms with Crippen molar-refractivity contribution in [2.75, 3.05) is 0 Å². The number of hydrogen-bond donors (Lipinski definition) is 2. The van der Waals surface area contributed by atoms with E-state index in [1.54, 1.807) is 20.8 Å². The molecule has 0 fully saturated rings. The molecule has 0 aliphatic carbocycles. The molecule has 0 saturated heterocycles. The van der Waals surface area contributed by atoms with Gasteiger partial charge in [-0.1, -0.05) is 6.58 Å². The highest BCUT2D eigenvalue weighted by Gasteiger charge is 2.22. The zero-order valence-corrected chi connectivity index (χ0v) is 7.90. The summed E-state index contributed by atoms with van der Waals surface area (Å²) in [5, 5.41) is 15.4. The molecule has 76 valence electrons. The normalized spacial score (nSPS) is 9.23. The molecule has 0 aromatic carbocycles. The third-order valence-electron chi connectivity index (χ3n) is 0.870. The van der Waals surface area contributed by atoms with Gasteiger partial charge in [0.15, 0.2) is 0 Å². The Morgan fingerprint density at radius 2 is 1.69 bits per heavy atom. The van der Waals surface area contributed by atoms with Gasteiger partial charge in [0.25, 0.3) is 0 Å². The summed E-state index contributed by atoms with van der Waals surface area (Å²) >= 11 is 0. The minimum absolute atomic E-state index is 0.602. The predicted octanol–water partition coefficient (Wildman–Crippen LogP) is 1.31. The third-order valence-corrected chi connectivity index (χ3v) is 0.870. The van der Waals surface area contributed by atoms with E-state index in [-0.39, 0.29) is 0 Å². The minimum atomic E-state index is -0.981. The van der Waals surface area contributed by atoms with Gasteiger partial charge in [-0.3, -0.25) is 0 Å². The zero-order valence-electron chi connectivity index (χ0n) is 7.90. The summed E-state index contributed by atoms with van der Waals surface area (Å²) in [5.74, 6) is -1.59. The summed E-state index contributed by atoms with van der Waals surface area (Å²) in [4.78, 5) is 23.1. The molecule has 0 aromatic rings. The maximum atomic E-state index is 10.4. The van der Waals surface area contributed by atoms with E-state index in [1.165, 1.54) is 0 Å². The van der Waals surface area contributed by atoms with Crippen molar-refractivity contribution in [3.8, 4) is 0 Å². The highest BCUT2D eigenvalue weighted by molar-refractivity contribution is 5.78. The van der Waals surface area contributed by atoms with Crippen molar-refractivity contribution < 1.29 is 24.8 Å². The van der Waals surface area contributed by atoms with Crippen LogP contribution >= 0.6 is 0 Å². The van der Waals surface area contributed by atoms with Crippen LogP contribution in [-0.4, -0.2) is 22.3 Å². The van der Waals surface area contributed by atoms with Crippen LogP contribution < -0.4 is 0 Å². The first-order valence-electron chi connectivity index (χ1n) is 3.47. The van der Waals surface area contributed by atoms with Gasteiger partial charge in [-0.2, -0.15) is 5.26 Å². The second-order valence-electron chi connectivity index (χ2n) is 3.17. The third kappa shape index (κ3) is 10.6. The van der Waals surface area contributed by atoms with Crippen LogP contribution in [0.15, 0.2) is 12.7 Å². The lowest BCUT2D eigenvalue weighted by atomic mass is 9.98. The molecule has 0 saturated carbocycles. The Morgan fingerprint density at radius 1 is 1.38 bits per heavy atom. The minimum Gasteiger partial charge on any atom is -0.478 e. The Labute approximate surface area is 76.6 Å². The second-order valence-corrected chi connectivity index (χ2v) is 3.17. The quantitative estimate of drug-likeness (QED) is 0.370. The molecule has 0 radical (unpaired) electrons. The van der Waals surface area contributed by atoms with Crippen molar-refractivity contribution in [1.29, 1.82) is 0 Å². The van der Waals surface area contributed by atoms with Crippen molar-refractivity contribution in [3.63, 3.8) is 0 Å². The molecule has 0 rings (SSSR count). The molecular weight excluding hydrogens is 176 g/mol. The fourth-order valence-corrected chi connectivity index (χ4v) is 0.137. The highest BCUT2D eigenvalue weighted by Crippen LogP contribution is 2.13. The van der Waals surface area contributed by atoms with Gasteiger partial charge in [-0.25, -0.2) is 9.59 Å². The summed E-state index contributed by atoms with van der Waals surface area (Å²) in [5.41, 5.74) is -0.602. The van der Waals surface area contributed by atoms with E-state index >= 15 is 0 Å². The van der Waals surface area contributed by atoms with Crippen LogP contribution in [0.3, 0.4) is 0 Å². The molecular formula is C8H14O5. The number of carboxylic acid groups (broad SMARTS) is 1. The van der Waals surface area contributed by atoms with Crippen molar-refractivity contribution in [1.82, 2.24) is 0 Å². The molecule has 13 heavy (non-hydrogen) atoms.